The maximum absolute atomic E-state index is 2.58. The lowest BCUT2D eigenvalue weighted by atomic mass is 9.92. The Hall–Kier alpha value is -0.0400. The predicted octanol–water partition coefficient (Wildman–Crippen LogP) is 4.32. The van der Waals surface area contributed by atoms with Crippen molar-refractivity contribution in [2.45, 2.75) is 72.8 Å². The molecule has 92 valence electrons. The van der Waals surface area contributed by atoms with E-state index in [1.165, 1.54) is 45.2 Å². The standard InChI is InChI=1S/C14H31N/c1-6-10-11-14(7-2)12-13(5)15(8-3)9-4/h13-14H,6-12H2,1-5H3. The maximum atomic E-state index is 2.58. The van der Waals surface area contributed by atoms with E-state index in [-0.39, 0.29) is 0 Å². The maximum Gasteiger partial charge on any atom is 0.00693 e. The molecule has 15 heavy (non-hydrogen) atoms. The Kier molecular flexibility index (Phi) is 9.18. The Morgan fingerprint density at radius 2 is 1.60 bits per heavy atom. The zero-order chi connectivity index (χ0) is 11.7. The smallest absolute Gasteiger partial charge is 0.00693 e. The summed E-state index contributed by atoms with van der Waals surface area (Å²) in [6.07, 6.45) is 6.92. The molecule has 0 aromatic heterocycles. The Morgan fingerprint density at radius 1 is 1.00 bits per heavy atom. The van der Waals surface area contributed by atoms with Gasteiger partial charge < -0.3 is 4.90 Å². The third-order valence-corrected chi connectivity index (χ3v) is 3.65. The van der Waals surface area contributed by atoms with Crippen LogP contribution in [-0.4, -0.2) is 24.0 Å². The summed E-state index contributed by atoms with van der Waals surface area (Å²) in [6.45, 7) is 14.0. The molecule has 0 heterocycles. The van der Waals surface area contributed by atoms with Crippen LogP contribution in [0.4, 0.5) is 0 Å². The molecule has 0 spiro atoms. The van der Waals surface area contributed by atoms with Gasteiger partial charge in [-0.15, -0.1) is 0 Å². The van der Waals surface area contributed by atoms with E-state index in [2.05, 4.69) is 39.5 Å². The fourth-order valence-corrected chi connectivity index (χ4v) is 2.46. The first-order valence-corrected chi connectivity index (χ1v) is 6.93. The molecule has 0 aromatic rings. The molecule has 0 aromatic carbocycles. The van der Waals surface area contributed by atoms with Crippen LogP contribution in [0, 0.1) is 5.92 Å². The van der Waals surface area contributed by atoms with Gasteiger partial charge in [-0.2, -0.15) is 0 Å². The molecular weight excluding hydrogens is 182 g/mol. The molecule has 1 nitrogen and oxygen atoms in total. The highest BCUT2D eigenvalue weighted by molar-refractivity contribution is 4.69. The molecule has 0 saturated carbocycles. The van der Waals surface area contributed by atoms with Gasteiger partial charge in [0.2, 0.25) is 0 Å². The van der Waals surface area contributed by atoms with Crippen molar-refractivity contribution in [1.82, 2.24) is 4.90 Å². The number of unbranched alkanes of at least 4 members (excludes halogenated alkanes) is 1. The van der Waals surface area contributed by atoms with Gasteiger partial charge in [0.05, 0.1) is 0 Å². The molecule has 0 fully saturated rings. The largest absolute Gasteiger partial charge is 0.301 e. The van der Waals surface area contributed by atoms with Crippen molar-refractivity contribution in [2.75, 3.05) is 13.1 Å². The van der Waals surface area contributed by atoms with E-state index in [1.54, 1.807) is 0 Å². The molecule has 0 amide bonds. The summed E-state index contributed by atoms with van der Waals surface area (Å²) in [5.74, 6) is 0.945. The molecule has 0 aliphatic rings. The van der Waals surface area contributed by atoms with Crippen LogP contribution in [0.1, 0.15) is 66.7 Å². The van der Waals surface area contributed by atoms with Crippen LogP contribution < -0.4 is 0 Å². The minimum Gasteiger partial charge on any atom is -0.301 e. The average Bonchev–Trinajstić information content (AvgIpc) is 2.25. The monoisotopic (exact) mass is 213 g/mol. The molecule has 0 bridgehead atoms. The van der Waals surface area contributed by atoms with Crippen LogP contribution >= 0.6 is 0 Å². The van der Waals surface area contributed by atoms with Gasteiger partial charge in [-0.05, 0) is 32.4 Å². The summed E-state index contributed by atoms with van der Waals surface area (Å²) >= 11 is 0. The number of nitrogens with zero attached hydrogens (tertiary/aromatic N) is 1. The zero-order valence-corrected chi connectivity index (χ0v) is 11.6. The van der Waals surface area contributed by atoms with Crippen molar-refractivity contribution in [1.29, 1.82) is 0 Å². The second kappa shape index (κ2) is 9.21. The number of hydrogen-bond acceptors (Lipinski definition) is 1. The normalized spacial score (nSPS) is 15.6. The van der Waals surface area contributed by atoms with Crippen molar-refractivity contribution < 1.29 is 0 Å². The van der Waals surface area contributed by atoms with E-state index in [4.69, 9.17) is 0 Å². The molecular formula is C14H31N. The SMILES string of the molecule is CCCCC(CC)CC(C)N(CC)CC. The van der Waals surface area contributed by atoms with Crippen molar-refractivity contribution in [2.24, 2.45) is 5.92 Å². The minimum atomic E-state index is 0.766. The molecule has 1 heteroatoms. The first-order valence-electron chi connectivity index (χ1n) is 6.93. The van der Waals surface area contributed by atoms with Crippen LogP contribution in [0.25, 0.3) is 0 Å². The molecule has 0 rings (SSSR count). The van der Waals surface area contributed by atoms with Gasteiger partial charge in [0.1, 0.15) is 0 Å². The molecule has 2 unspecified atom stereocenters. The molecule has 0 saturated heterocycles. The fraction of sp³-hybridized carbons (Fsp3) is 1.00. The fourth-order valence-electron chi connectivity index (χ4n) is 2.46. The second-order valence-corrected chi connectivity index (χ2v) is 4.72. The van der Waals surface area contributed by atoms with Gasteiger partial charge in [-0.3, -0.25) is 0 Å². The van der Waals surface area contributed by atoms with Gasteiger partial charge in [-0.25, -0.2) is 0 Å². The van der Waals surface area contributed by atoms with E-state index < -0.39 is 0 Å². The number of hydrogen-bond donors (Lipinski definition) is 0. The first-order chi connectivity index (χ1) is 7.19. The van der Waals surface area contributed by atoms with Crippen molar-refractivity contribution >= 4 is 0 Å². The lowest BCUT2D eigenvalue weighted by molar-refractivity contribution is 0.192. The zero-order valence-electron chi connectivity index (χ0n) is 11.6. The Morgan fingerprint density at radius 3 is 2.00 bits per heavy atom. The van der Waals surface area contributed by atoms with Crippen LogP contribution in [-0.2, 0) is 0 Å². The lowest BCUT2D eigenvalue weighted by Crippen LogP contribution is -2.34. The van der Waals surface area contributed by atoms with E-state index in [0.717, 1.165) is 12.0 Å². The molecule has 0 radical (unpaired) electrons. The highest BCUT2D eigenvalue weighted by atomic mass is 15.1. The average molecular weight is 213 g/mol. The highest BCUT2D eigenvalue weighted by Crippen LogP contribution is 2.20. The van der Waals surface area contributed by atoms with E-state index >= 15 is 0 Å². The van der Waals surface area contributed by atoms with Crippen molar-refractivity contribution in [3.8, 4) is 0 Å². The quantitative estimate of drug-likeness (QED) is 0.551. The summed E-state index contributed by atoms with van der Waals surface area (Å²) in [5.41, 5.74) is 0. The number of rotatable bonds is 9. The third kappa shape index (κ3) is 6.19. The molecule has 0 aliphatic carbocycles. The van der Waals surface area contributed by atoms with Crippen LogP contribution in [0.5, 0.6) is 0 Å². The van der Waals surface area contributed by atoms with E-state index in [9.17, 15) is 0 Å². The Bertz CT molecular complexity index is 129. The summed E-state index contributed by atoms with van der Waals surface area (Å²) in [5, 5.41) is 0. The van der Waals surface area contributed by atoms with Gasteiger partial charge in [0, 0.05) is 6.04 Å². The van der Waals surface area contributed by atoms with Crippen molar-refractivity contribution in [3.63, 3.8) is 0 Å². The van der Waals surface area contributed by atoms with Crippen LogP contribution in [0.3, 0.4) is 0 Å². The van der Waals surface area contributed by atoms with Gasteiger partial charge >= 0.3 is 0 Å². The third-order valence-electron chi connectivity index (χ3n) is 3.65. The Balaban J connectivity index is 3.92. The van der Waals surface area contributed by atoms with E-state index in [1.807, 2.05) is 0 Å². The summed E-state index contributed by atoms with van der Waals surface area (Å²) in [6, 6.07) is 0.766. The van der Waals surface area contributed by atoms with Crippen LogP contribution in [0.15, 0.2) is 0 Å². The highest BCUT2D eigenvalue weighted by Gasteiger charge is 2.15. The molecule has 0 N–H and O–H groups in total. The Labute approximate surface area is 97.2 Å². The predicted molar refractivity (Wildman–Crippen MR) is 70.3 cm³/mol. The lowest BCUT2D eigenvalue weighted by Gasteiger charge is -2.29. The summed E-state index contributed by atoms with van der Waals surface area (Å²) in [7, 11) is 0. The first kappa shape index (κ1) is 15.0. The molecule has 2 atom stereocenters. The van der Waals surface area contributed by atoms with Crippen molar-refractivity contribution in [3.05, 3.63) is 0 Å². The van der Waals surface area contributed by atoms with E-state index in [0.29, 0.717) is 0 Å². The minimum absolute atomic E-state index is 0.766. The van der Waals surface area contributed by atoms with Gasteiger partial charge in [0.25, 0.3) is 0 Å². The topological polar surface area (TPSA) is 3.24 Å². The second-order valence-electron chi connectivity index (χ2n) is 4.72. The van der Waals surface area contributed by atoms with Gasteiger partial charge in [-0.1, -0.05) is 53.4 Å². The summed E-state index contributed by atoms with van der Waals surface area (Å²) in [4.78, 5) is 2.58. The molecule has 0 aliphatic heterocycles. The summed E-state index contributed by atoms with van der Waals surface area (Å²) < 4.78 is 0. The van der Waals surface area contributed by atoms with Crippen LogP contribution in [0.2, 0.25) is 0 Å². The van der Waals surface area contributed by atoms with Gasteiger partial charge in [0.15, 0.2) is 0 Å².